The van der Waals surface area contributed by atoms with Crippen molar-refractivity contribution in [2.45, 2.75) is 25.7 Å². The van der Waals surface area contributed by atoms with E-state index in [4.69, 9.17) is 0 Å². The Morgan fingerprint density at radius 1 is 1.53 bits per heavy atom. The Morgan fingerprint density at radius 3 is 3.06 bits per heavy atom. The van der Waals surface area contributed by atoms with Crippen molar-refractivity contribution in [3.8, 4) is 0 Å². The summed E-state index contributed by atoms with van der Waals surface area (Å²) in [4.78, 5) is 15.9. The number of aromatic nitrogens is 1. The van der Waals surface area contributed by atoms with Crippen LogP contribution in [0.3, 0.4) is 0 Å². The lowest BCUT2D eigenvalue weighted by Gasteiger charge is -2.21. The van der Waals surface area contributed by atoms with Gasteiger partial charge in [-0.3, -0.25) is 4.79 Å². The average molecular weight is 253 g/mol. The van der Waals surface area contributed by atoms with Gasteiger partial charge in [-0.1, -0.05) is 0 Å². The molecule has 0 spiro atoms. The lowest BCUT2D eigenvalue weighted by molar-refractivity contribution is -0.122. The van der Waals surface area contributed by atoms with Gasteiger partial charge in [-0.15, -0.1) is 11.3 Å². The minimum atomic E-state index is 0.188. The molecule has 1 saturated heterocycles. The van der Waals surface area contributed by atoms with Crippen molar-refractivity contribution >= 4 is 17.2 Å². The number of amides is 1. The molecule has 0 aliphatic carbocycles. The first kappa shape index (κ1) is 12.5. The topological polar surface area (TPSA) is 54.0 Å². The summed E-state index contributed by atoms with van der Waals surface area (Å²) in [6, 6.07) is 0. The zero-order chi connectivity index (χ0) is 11.9. The molecule has 1 fully saturated rings. The van der Waals surface area contributed by atoms with E-state index in [1.807, 2.05) is 5.38 Å². The van der Waals surface area contributed by atoms with E-state index in [-0.39, 0.29) is 5.91 Å². The van der Waals surface area contributed by atoms with Gasteiger partial charge in [0.2, 0.25) is 5.91 Å². The Balaban J connectivity index is 1.60. The minimum Gasteiger partial charge on any atom is -0.356 e. The maximum Gasteiger partial charge on any atom is 0.220 e. The molecule has 1 aromatic rings. The highest BCUT2D eigenvalue weighted by atomic mass is 32.1. The van der Waals surface area contributed by atoms with Crippen molar-refractivity contribution in [3.63, 3.8) is 0 Å². The van der Waals surface area contributed by atoms with E-state index in [2.05, 4.69) is 15.6 Å². The van der Waals surface area contributed by atoms with Crippen LogP contribution in [0, 0.1) is 5.92 Å². The number of hydrogen-bond acceptors (Lipinski definition) is 4. The van der Waals surface area contributed by atoms with Gasteiger partial charge in [-0.2, -0.15) is 0 Å². The van der Waals surface area contributed by atoms with Crippen molar-refractivity contribution in [1.82, 2.24) is 15.6 Å². The summed E-state index contributed by atoms with van der Waals surface area (Å²) in [5, 5.41) is 9.34. The molecule has 4 nitrogen and oxygen atoms in total. The predicted octanol–water partition coefficient (Wildman–Crippen LogP) is 1.19. The number of thiazole rings is 1. The van der Waals surface area contributed by atoms with Gasteiger partial charge in [-0.25, -0.2) is 4.98 Å². The number of nitrogens with zero attached hydrogens (tertiary/aromatic N) is 1. The summed E-state index contributed by atoms with van der Waals surface area (Å²) in [6.45, 7) is 2.81. The van der Waals surface area contributed by atoms with Crippen LogP contribution in [0.2, 0.25) is 0 Å². The van der Waals surface area contributed by atoms with Crippen LogP contribution in [-0.4, -0.2) is 30.5 Å². The summed E-state index contributed by atoms with van der Waals surface area (Å²) >= 11 is 1.64. The Kier molecular flexibility index (Phi) is 4.94. The van der Waals surface area contributed by atoms with Gasteiger partial charge in [0.15, 0.2) is 0 Å². The Labute approximate surface area is 106 Å². The Morgan fingerprint density at radius 2 is 2.35 bits per heavy atom. The maximum absolute atomic E-state index is 11.7. The molecular formula is C12H19N3OS. The smallest absolute Gasteiger partial charge is 0.220 e. The number of carbonyl (C=O) groups is 1. The molecule has 17 heavy (non-hydrogen) atoms. The first-order valence-electron chi connectivity index (χ1n) is 6.20. The highest BCUT2D eigenvalue weighted by molar-refractivity contribution is 7.09. The van der Waals surface area contributed by atoms with Crippen molar-refractivity contribution in [2.75, 3.05) is 19.6 Å². The highest BCUT2D eigenvalue weighted by Gasteiger charge is 2.16. The molecule has 1 aromatic heterocycles. The normalized spacial score (nSPS) is 16.9. The number of carbonyl (C=O) groups excluding carboxylic acids is 1. The third-order valence-electron chi connectivity index (χ3n) is 3.08. The quantitative estimate of drug-likeness (QED) is 0.829. The Hall–Kier alpha value is -0.940. The van der Waals surface area contributed by atoms with Gasteiger partial charge in [0.1, 0.15) is 0 Å². The van der Waals surface area contributed by atoms with Crippen molar-refractivity contribution in [2.24, 2.45) is 5.92 Å². The molecular weight excluding hydrogens is 234 g/mol. The van der Waals surface area contributed by atoms with Gasteiger partial charge in [0.05, 0.1) is 5.01 Å². The van der Waals surface area contributed by atoms with E-state index < -0.39 is 0 Å². The standard InChI is InChI=1S/C12H19N3OS/c16-11(9-10-1-4-13-5-2-10)14-6-3-12-15-7-8-17-12/h7-8,10,13H,1-6,9H2,(H,14,16). The first-order chi connectivity index (χ1) is 8.34. The largest absolute Gasteiger partial charge is 0.356 e. The lowest BCUT2D eigenvalue weighted by Crippen LogP contribution is -2.32. The maximum atomic E-state index is 11.7. The third kappa shape index (κ3) is 4.44. The number of hydrogen-bond donors (Lipinski definition) is 2. The van der Waals surface area contributed by atoms with Crippen LogP contribution in [0.4, 0.5) is 0 Å². The summed E-state index contributed by atoms with van der Waals surface area (Å²) in [7, 11) is 0. The molecule has 0 atom stereocenters. The molecule has 1 amide bonds. The van der Waals surface area contributed by atoms with Crippen LogP contribution in [0.1, 0.15) is 24.3 Å². The van der Waals surface area contributed by atoms with Crippen LogP contribution in [0.15, 0.2) is 11.6 Å². The minimum absolute atomic E-state index is 0.188. The molecule has 1 aliphatic heterocycles. The van der Waals surface area contributed by atoms with E-state index in [0.717, 1.165) is 37.4 Å². The van der Waals surface area contributed by atoms with E-state index in [1.165, 1.54) is 0 Å². The number of nitrogens with one attached hydrogen (secondary N) is 2. The molecule has 0 bridgehead atoms. The molecule has 0 saturated carbocycles. The van der Waals surface area contributed by atoms with Crippen molar-refractivity contribution in [3.05, 3.63) is 16.6 Å². The number of piperidine rings is 1. The molecule has 5 heteroatoms. The van der Waals surface area contributed by atoms with E-state index in [9.17, 15) is 4.79 Å². The molecule has 2 N–H and O–H groups in total. The van der Waals surface area contributed by atoms with Crippen molar-refractivity contribution < 1.29 is 4.79 Å². The van der Waals surface area contributed by atoms with E-state index in [1.54, 1.807) is 17.5 Å². The van der Waals surface area contributed by atoms with Gasteiger partial charge in [0, 0.05) is 31.0 Å². The second kappa shape index (κ2) is 6.71. The second-order valence-corrected chi connectivity index (χ2v) is 5.40. The fourth-order valence-electron chi connectivity index (χ4n) is 2.11. The molecule has 0 radical (unpaired) electrons. The number of rotatable bonds is 5. The summed E-state index contributed by atoms with van der Waals surface area (Å²) in [5.41, 5.74) is 0. The first-order valence-corrected chi connectivity index (χ1v) is 7.08. The van der Waals surface area contributed by atoms with Crippen LogP contribution in [-0.2, 0) is 11.2 Å². The lowest BCUT2D eigenvalue weighted by atomic mass is 9.94. The highest BCUT2D eigenvalue weighted by Crippen LogP contribution is 2.15. The van der Waals surface area contributed by atoms with E-state index in [0.29, 0.717) is 18.9 Å². The second-order valence-electron chi connectivity index (χ2n) is 4.42. The molecule has 2 heterocycles. The van der Waals surface area contributed by atoms with Crippen LogP contribution in [0.25, 0.3) is 0 Å². The van der Waals surface area contributed by atoms with E-state index >= 15 is 0 Å². The monoisotopic (exact) mass is 253 g/mol. The summed E-state index contributed by atoms with van der Waals surface area (Å²) in [6.07, 6.45) is 5.58. The van der Waals surface area contributed by atoms with Crippen LogP contribution < -0.4 is 10.6 Å². The predicted molar refractivity (Wildman–Crippen MR) is 69.0 cm³/mol. The summed E-state index contributed by atoms with van der Waals surface area (Å²) in [5.74, 6) is 0.754. The molecule has 0 aromatic carbocycles. The summed E-state index contributed by atoms with van der Waals surface area (Å²) < 4.78 is 0. The Bertz CT molecular complexity index is 334. The average Bonchev–Trinajstić information content (AvgIpc) is 2.83. The fraction of sp³-hybridized carbons (Fsp3) is 0.667. The zero-order valence-electron chi connectivity index (χ0n) is 9.95. The van der Waals surface area contributed by atoms with Gasteiger partial charge < -0.3 is 10.6 Å². The third-order valence-corrected chi connectivity index (χ3v) is 3.92. The van der Waals surface area contributed by atoms with Crippen LogP contribution in [0.5, 0.6) is 0 Å². The molecule has 0 unspecified atom stereocenters. The fourth-order valence-corrected chi connectivity index (χ4v) is 2.73. The van der Waals surface area contributed by atoms with Gasteiger partial charge in [-0.05, 0) is 31.8 Å². The zero-order valence-corrected chi connectivity index (χ0v) is 10.8. The molecule has 94 valence electrons. The SMILES string of the molecule is O=C(CC1CCNCC1)NCCc1nccs1. The van der Waals surface area contributed by atoms with Crippen molar-refractivity contribution in [1.29, 1.82) is 0 Å². The van der Waals surface area contributed by atoms with Gasteiger partial charge in [0.25, 0.3) is 0 Å². The molecule has 2 rings (SSSR count). The molecule has 1 aliphatic rings. The van der Waals surface area contributed by atoms with Crippen LogP contribution >= 0.6 is 11.3 Å². The van der Waals surface area contributed by atoms with Gasteiger partial charge >= 0.3 is 0 Å².